The first-order chi connectivity index (χ1) is 7.87. The van der Waals surface area contributed by atoms with Crippen LogP contribution in [0.25, 0.3) is 0 Å². The highest BCUT2D eigenvalue weighted by atomic mass is 32.2. The molecule has 1 rings (SSSR count). The number of benzene rings is 1. The van der Waals surface area contributed by atoms with Gasteiger partial charge >= 0.3 is 0 Å². The molecule has 0 aliphatic heterocycles. The molecule has 96 valence electrons. The fraction of sp³-hybridized carbons (Fsp3) is 0.538. The number of sulfone groups is 1. The topological polar surface area (TPSA) is 43.4 Å². The molecule has 0 unspecified atom stereocenters. The van der Waals surface area contributed by atoms with Crippen LogP contribution < -0.4 is 0 Å². The Morgan fingerprint density at radius 2 is 1.76 bits per heavy atom. The first-order valence-electron chi connectivity index (χ1n) is 5.79. The van der Waals surface area contributed by atoms with Crippen molar-refractivity contribution in [3.05, 3.63) is 30.3 Å². The third kappa shape index (κ3) is 4.48. The molecule has 0 bridgehead atoms. The van der Waals surface area contributed by atoms with Gasteiger partial charge in [0.15, 0.2) is 9.84 Å². The first kappa shape index (κ1) is 14.2. The number of hydrogen-bond acceptors (Lipinski definition) is 3. The Morgan fingerprint density at radius 1 is 1.18 bits per heavy atom. The predicted molar refractivity (Wildman–Crippen MR) is 68.8 cm³/mol. The molecule has 0 N–H and O–H groups in total. The Labute approximate surface area is 104 Å². The van der Waals surface area contributed by atoms with E-state index in [-0.39, 0.29) is 5.75 Å². The van der Waals surface area contributed by atoms with Crippen molar-refractivity contribution in [3.63, 3.8) is 0 Å². The molecule has 17 heavy (non-hydrogen) atoms. The van der Waals surface area contributed by atoms with Gasteiger partial charge in [-0.3, -0.25) is 0 Å². The quantitative estimate of drug-likeness (QED) is 0.786. The Kier molecular flexibility index (Phi) is 4.71. The van der Waals surface area contributed by atoms with Crippen LogP contribution in [0.3, 0.4) is 0 Å². The van der Waals surface area contributed by atoms with Gasteiger partial charge in [0.2, 0.25) is 0 Å². The van der Waals surface area contributed by atoms with Crippen molar-refractivity contribution in [2.45, 2.75) is 37.7 Å². The molecular formula is C13H20O3S. The normalized spacial score (nSPS) is 12.6. The van der Waals surface area contributed by atoms with Gasteiger partial charge in [-0.1, -0.05) is 18.2 Å². The number of hydrogen-bond donors (Lipinski definition) is 0. The molecule has 1 aromatic rings. The zero-order valence-corrected chi connectivity index (χ0v) is 11.5. The zero-order valence-electron chi connectivity index (χ0n) is 10.6. The average molecular weight is 256 g/mol. The summed E-state index contributed by atoms with van der Waals surface area (Å²) in [6.45, 7) is 6.33. The minimum Gasteiger partial charge on any atom is -0.376 e. The molecule has 0 atom stereocenters. The molecule has 1 aromatic carbocycles. The molecule has 0 fully saturated rings. The molecular weight excluding hydrogens is 236 g/mol. The fourth-order valence-electron chi connectivity index (χ4n) is 1.59. The van der Waals surface area contributed by atoms with Crippen LogP contribution >= 0.6 is 0 Å². The summed E-state index contributed by atoms with van der Waals surface area (Å²) in [7, 11) is -3.19. The van der Waals surface area contributed by atoms with Crippen LogP contribution in [0.2, 0.25) is 0 Å². The Bertz CT molecular complexity index is 435. The second-order valence-electron chi connectivity index (χ2n) is 4.57. The second kappa shape index (κ2) is 5.65. The Hall–Kier alpha value is -0.870. The summed E-state index contributed by atoms with van der Waals surface area (Å²) in [6, 6.07) is 8.54. The van der Waals surface area contributed by atoms with E-state index in [0.29, 0.717) is 17.9 Å². The lowest BCUT2D eigenvalue weighted by atomic mass is 10.1. The van der Waals surface area contributed by atoms with E-state index in [1.54, 1.807) is 24.3 Å². The Balaban J connectivity index is 2.69. The fourth-order valence-corrected chi connectivity index (χ4v) is 3.16. The van der Waals surface area contributed by atoms with Gasteiger partial charge < -0.3 is 4.74 Å². The van der Waals surface area contributed by atoms with Crippen molar-refractivity contribution in [2.24, 2.45) is 0 Å². The summed E-state index contributed by atoms with van der Waals surface area (Å²) in [4.78, 5) is 0.382. The van der Waals surface area contributed by atoms with Gasteiger partial charge in [-0.05, 0) is 39.3 Å². The summed E-state index contributed by atoms with van der Waals surface area (Å²) in [5.41, 5.74) is -0.392. The van der Waals surface area contributed by atoms with Crippen LogP contribution in [0.5, 0.6) is 0 Å². The lowest BCUT2D eigenvalue weighted by Crippen LogP contribution is -2.27. The van der Waals surface area contributed by atoms with Gasteiger partial charge in [0.05, 0.1) is 16.2 Å². The van der Waals surface area contributed by atoms with E-state index >= 15 is 0 Å². The molecule has 0 aliphatic rings. The van der Waals surface area contributed by atoms with E-state index < -0.39 is 15.4 Å². The molecule has 0 saturated heterocycles. The van der Waals surface area contributed by atoms with Crippen molar-refractivity contribution in [1.29, 1.82) is 0 Å². The van der Waals surface area contributed by atoms with Gasteiger partial charge in [-0.2, -0.15) is 0 Å². The molecule has 0 aromatic heterocycles. The van der Waals surface area contributed by atoms with Crippen LogP contribution in [0.4, 0.5) is 0 Å². The van der Waals surface area contributed by atoms with Gasteiger partial charge in [-0.25, -0.2) is 8.42 Å². The van der Waals surface area contributed by atoms with Crippen LogP contribution in [0.15, 0.2) is 35.2 Å². The lowest BCUT2D eigenvalue weighted by molar-refractivity contribution is -0.0119. The van der Waals surface area contributed by atoms with Crippen LogP contribution in [-0.4, -0.2) is 26.4 Å². The monoisotopic (exact) mass is 256 g/mol. The van der Waals surface area contributed by atoms with Crippen molar-refractivity contribution in [2.75, 3.05) is 12.4 Å². The van der Waals surface area contributed by atoms with Crippen LogP contribution in [0, 0.1) is 0 Å². The van der Waals surface area contributed by atoms with E-state index in [9.17, 15) is 8.42 Å². The van der Waals surface area contributed by atoms with Crippen molar-refractivity contribution in [1.82, 2.24) is 0 Å². The highest BCUT2D eigenvalue weighted by Gasteiger charge is 2.22. The van der Waals surface area contributed by atoms with Crippen molar-refractivity contribution >= 4 is 9.84 Å². The van der Waals surface area contributed by atoms with E-state index in [4.69, 9.17) is 4.74 Å². The van der Waals surface area contributed by atoms with Gasteiger partial charge in [0.1, 0.15) is 0 Å². The summed E-state index contributed by atoms with van der Waals surface area (Å²) in [6.07, 6.45) is 0.498. The van der Waals surface area contributed by atoms with E-state index in [0.717, 1.165) is 0 Å². The smallest absolute Gasteiger partial charge is 0.178 e. The maximum atomic E-state index is 12.0. The average Bonchev–Trinajstić information content (AvgIpc) is 2.28. The second-order valence-corrected chi connectivity index (χ2v) is 6.68. The zero-order chi connectivity index (χ0) is 12.9. The highest BCUT2D eigenvalue weighted by Crippen LogP contribution is 2.19. The molecule has 0 spiro atoms. The summed E-state index contributed by atoms with van der Waals surface area (Å²) in [5.74, 6) is 0.115. The SMILES string of the molecule is CCOC(C)(C)CCS(=O)(=O)c1ccccc1. The molecule has 0 amide bonds. The van der Waals surface area contributed by atoms with Gasteiger partial charge in [0.25, 0.3) is 0 Å². The minimum atomic E-state index is -3.19. The maximum Gasteiger partial charge on any atom is 0.178 e. The van der Waals surface area contributed by atoms with E-state index in [2.05, 4.69) is 0 Å². The summed E-state index contributed by atoms with van der Waals surface area (Å²) >= 11 is 0. The van der Waals surface area contributed by atoms with Gasteiger partial charge in [-0.15, -0.1) is 0 Å². The maximum absolute atomic E-state index is 12.0. The highest BCUT2D eigenvalue weighted by molar-refractivity contribution is 7.91. The Morgan fingerprint density at radius 3 is 2.29 bits per heavy atom. The molecule has 0 saturated carbocycles. The molecule has 0 heterocycles. The van der Waals surface area contributed by atoms with Crippen LogP contribution in [0.1, 0.15) is 27.2 Å². The van der Waals surface area contributed by atoms with Crippen LogP contribution in [-0.2, 0) is 14.6 Å². The molecule has 0 radical (unpaired) electrons. The number of rotatable bonds is 6. The van der Waals surface area contributed by atoms with Gasteiger partial charge in [0, 0.05) is 6.61 Å². The standard InChI is InChI=1S/C13H20O3S/c1-4-16-13(2,3)10-11-17(14,15)12-8-6-5-7-9-12/h5-9H,4,10-11H2,1-3H3. The summed E-state index contributed by atoms with van der Waals surface area (Å²) < 4.78 is 29.6. The number of ether oxygens (including phenoxy) is 1. The molecule has 3 nitrogen and oxygen atoms in total. The third-order valence-electron chi connectivity index (χ3n) is 2.61. The predicted octanol–water partition coefficient (Wildman–Crippen LogP) is 2.67. The lowest BCUT2D eigenvalue weighted by Gasteiger charge is -2.24. The minimum absolute atomic E-state index is 0.115. The van der Waals surface area contributed by atoms with E-state index in [1.807, 2.05) is 26.8 Å². The van der Waals surface area contributed by atoms with Crippen molar-refractivity contribution < 1.29 is 13.2 Å². The summed E-state index contributed by atoms with van der Waals surface area (Å²) in [5, 5.41) is 0. The first-order valence-corrected chi connectivity index (χ1v) is 7.44. The molecule has 4 heteroatoms. The molecule has 0 aliphatic carbocycles. The largest absolute Gasteiger partial charge is 0.376 e. The van der Waals surface area contributed by atoms with Crippen molar-refractivity contribution in [3.8, 4) is 0 Å². The third-order valence-corrected chi connectivity index (χ3v) is 4.34. The van der Waals surface area contributed by atoms with E-state index in [1.165, 1.54) is 0 Å².